The SMILES string of the molecule is COc1ccc([N+](=O)[O-])c(CCc2ccccc2)c1. The largest absolute Gasteiger partial charge is 0.497 e. The van der Waals surface area contributed by atoms with Crippen LogP contribution in [0, 0.1) is 10.1 Å². The molecule has 0 amide bonds. The van der Waals surface area contributed by atoms with Crippen LogP contribution in [0.2, 0.25) is 0 Å². The molecule has 4 nitrogen and oxygen atoms in total. The van der Waals surface area contributed by atoms with Gasteiger partial charge in [0.15, 0.2) is 0 Å². The van der Waals surface area contributed by atoms with Crippen molar-refractivity contribution in [2.45, 2.75) is 12.8 Å². The molecule has 2 rings (SSSR count). The molecule has 19 heavy (non-hydrogen) atoms. The van der Waals surface area contributed by atoms with Crippen LogP contribution in [-0.4, -0.2) is 12.0 Å². The van der Waals surface area contributed by atoms with E-state index in [1.54, 1.807) is 19.2 Å². The molecule has 0 aromatic heterocycles. The number of nitro benzene ring substituents is 1. The fourth-order valence-electron chi connectivity index (χ4n) is 1.99. The van der Waals surface area contributed by atoms with Crippen LogP contribution in [0.5, 0.6) is 5.75 Å². The number of nitro groups is 1. The average molecular weight is 257 g/mol. The predicted molar refractivity (Wildman–Crippen MR) is 73.5 cm³/mol. The number of hydrogen-bond acceptors (Lipinski definition) is 3. The monoisotopic (exact) mass is 257 g/mol. The maximum atomic E-state index is 11.0. The number of ether oxygens (including phenoxy) is 1. The van der Waals surface area contributed by atoms with Gasteiger partial charge in [0.2, 0.25) is 0 Å². The van der Waals surface area contributed by atoms with E-state index in [4.69, 9.17) is 4.74 Å². The lowest BCUT2D eigenvalue weighted by molar-refractivity contribution is -0.385. The molecular formula is C15H15NO3. The topological polar surface area (TPSA) is 52.4 Å². The van der Waals surface area contributed by atoms with Crippen molar-refractivity contribution in [1.82, 2.24) is 0 Å². The minimum absolute atomic E-state index is 0.150. The molecule has 0 radical (unpaired) electrons. The fourth-order valence-corrected chi connectivity index (χ4v) is 1.99. The summed E-state index contributed by atoms with van der Waals surface area (Å²) in [7, 11) is 1.56. The van der Waals surface area contributed by atoms with Crippen molar-refractivity contribution >= 4 is 5.69 Å². The summed E-state index contributed by atoms with van der Waals surface area (Å²) in [5, 5.41) is 11.0. The third kappa shape index (κ3) is 3.31. The standard InChI is InChI=1S/C15H15NO3/c1-19-14-9-10-15(16(17)18)13(11-14)8-7-12-5-3-2-4-6-12/h2-6,9-11H,7-8H2,1H3. The minimum Gasteiger partial charge on any atom is -0.497 e. The molecule has 4 heteroatoms. The lowest BCUT2D eigenvalue weighted by Crippen LogP contribution is -1.99. The highest BCUT2D eigenvalue weighted by Crippen LogP contribution is 2.25. The Hall–Kier alpha value is -2.36. The first kappa shape index (κ1) is 13.1. The summed E-state index contributed by atoms with van der Waals surface area (Å²) in [6.07, 6.45) is 1.40. The zero-order valence-electron chi connectivity index (χ0n) is 10.7. The van der Waals surface area contributed by atoms with E-state index in [1.165, 1.54) is 11.6 Å². The van der Waals surface area contributed by atoms with Crippen LogP contribution < -0.4 is 4.74 Å². The normalized spacial score (nSPS) is 10.2. The Bertz CT molecular complexity index is 567. The summed E-state index contributed by atoms with van der Waals surface area (Å²) in [6.45, 7) is 0. The Balaban J connectivity index is 2.20. The summed E-state index contributed by atoms with van der Waals surface area (Å²) in [6, 6.07) is 14.8. The third-order valence-corrected chi connectivity index (χ3v) is 3.01. The number of nitrogens with zero attached hydrogens (tertiary/aromatic N) is 1. The maximum Gasteiger partial charge on any atom is 0.272 e. The first-order valence-corrected chi connectivity index (χ1v) is 6.06. The highest BCUT2D eigenvalue weighted by Gasteiger charge is 2.14. The number of benzene rings is 2. The van der Waals surface area contributed by atoms with Crippen molar-refractivity contribution in [2.24, 2.45) is 0 Å². The van der Waals surface area contributed by atoms with Crippen molar-refractivity contribution in [3.63, 3.8) is 0 Å². The molecule has 0 spiro atoms. The van der Waals surface area contributed by atoms with Crippen LogP contribution in [0.1, 0.15) is 11.1 Å². The summed E-state index contributed by atoms with van der Waals surface area (Å²) in [5.41, 5.74) is 2.02. The first-order chi connectivity index (χ1) is 9.20. The zero-order valence-corrected chi connectivity index (χ0v) is 10.7. The second-order valence-electron chi connectivity index (χ2n) is 4.24. The van der Waals surface area contributed by atoms with E-state index in [0.29, 0.717) is 17.7 Å². The fraction of sp³-hybridized carbons (Fsp3) is 0.200. The molecule has 2 aromatic carbocycles. The van der Waals surface area contributed by atoms with E-state index in [-0.39, 0.29) is 10.6 Å². The molecule has 0 bridgehead atoms. The molecule has 0 atom stereocenters. The zero-order chi connectivity index (χ0) is 13.7. The number of methoxy groups -OCH3 is 1. The van der Waals surface area contributed by atoms with Crippen molar-refractivity contribution < 1.29 is 9.66 Å². The quantitative estimate of drug-likeness (QED) is 0.609. The Kier molecular flexibility index (Phi) is 4.13. The van der Waals surface area contributed by atoms with E-state index >= 15 is 0 Å². The molecule has 0 aliphatic heterocycles. The highest BCUT2D eigenvalue weighted by molar-refractivity contribution is 5.45. The van der Waals surface area contributed by atoms with Gasteiger partial charge in [0, 0.05) is 11.6 Å². The number of hydrogen-bond donors (Lipinski definition) is 0. The Morgan fingerprint density at radius 3 is 2.47 bits per heavy atom. The van der Waals surface area contributed by atoms with E-state index in [2.05, 4.69) is 0 Å². The van der Waals surface area contributed by atoms with Crippen molar-refractivity contribution in [1.29, 1.82) is 0 Å². The van der Waals surface area contributed by atoms with Crippen molar-refractivity contribution in [3.05, 3.63) is 69.8 Å². The van der Waals surface area contributed by atoms with Crippen LogP contribution >= 0.6 is 0 Å². The van der Waals surface area contributed by atoms with Gasteiger partial charge in [0.25, 0.3) is 5.69 Å². The summed E-state index contributed by atoms with van der Waals surface area (Å²) in [5.74, 6) is 0.647. The van der Waals surface area contributed by atoms with Gasteiger partial charge in [0.1, 0.15) is 5.75 Å². The second-order valence-corrected chi connectivity index (χ2v) is 4.24. The molecule has 98 valence electrons. The average Bonchev–Trinajstić information content (AvgIpc) is 2.45. The van der Waals surface area contributed by atoms with Gasteiger partial charge in [-0.1, -0.05) is 30.3 Å². The Morgan fingerprint density at radius 2 is 1.84 bits per heavy atom. The molecule has 0 N–H and O–H groups in total. The maximum absolute atomic E-state index is 11.0. The van der Waals surface area contributed by atoms with Gasteiger partial charge >= 0.3 is 0 Å². The van der Waals surface area contributed by atoms with Crippen LogP contribution in [0.4, 0.5) is 5.69 Å². The lowest BCUT2D eigenvalue weighted by atomic mass is 10.0. The van der Waals surface area contributed by atoms with Crippen LogP contribution in [-0.2, 0) is 12.8 Å². The molecule has 2 aromatic rings. The summed E-state index contributed by atoms with van der Waals surface area (Å²) in [4.78, 5) is 10.7. The smallest absolute Gasteiger partial charge is 0.272 e. The molecule has 0 unspecified atom stereocenters. The van der Waals surface area contributed by atoms with Gasteiger partial charge in [-0.3, -0.25) is 10.1 Å². The number of aryl methyl sites for hydroxylation is 2. The van der Waals surface area contributed by atoms with Gasteiger partial charge in [-0.05, 0) is 30.5 Å². The molecule has 0 heterocycles. The summed E-state index contributed by atoms with van der Waals surface area (Å²) < 4.78 is 5.12. The van der Waals surface area contributed by atoms with Gasteiger partial charge in [-0.25, -0.2) is 0 Å². The van der Waals surface area contributed by atoms with Crippen LogP contribution in [0.3, 0.4) is 0 Å². The van der Waals surface area contributed by atoms with Gasteiger partial charge in [-0.15, -0.1) is 0 Å². The third-order valence-electron chi connectivity index (χ3n) is 3.01. The second kappa shape index (κ2) is 6.00. The Morgan fingerprint density at radius 1 is 1.11 bits per heavy atom. The van der Waals surface area contributed by atoms with E-state index < -0.39 is 0 Å². The van der Waals surface area contributed by atoms with E-state index in [0.717, 1.165) is 6.42 Å². The van der Waals surface area contributed by atoms with E-state index in [9.17, 15) is 10.1 Å². The van der Waals surface area contributed by atoms with Crippen LogP contribution in [0.15, 0.2) is 48.5 Å². The first-order valence-electron chi connectivity index (χ1n) is 6.06. The van der Waals surface area contributed by atoms with Gasteiger partial charge in [-0.2, -0.15) is 0 Å². The number of rotatable bonds is 5. The predicted octanol–water partition coefficient (Wildman–Crippen LogP) is 3.39. The van der Waals surface area contributed by atoms with Crippen LogP contribution in [0.25, 0.3) is 0 Å². The summed E-state index contributed by atoms with van der Waals surface area (Å²) >= 11 is 0. The Labute approximate surface area is 111 Å². The van der Waals surface area contributed by atoms with Crippen molar-refractivity contribution in [3.8, 4) is 5.75 Å². The molecule has 0 aliphatic carbocycles. The lowest BCUT2D eigenvalue weighted by Gasteiger charge is -2.06. The van der Waals surface area contributed by atoms with Crippen molar-refractivity contribution in [2.75, 3.05) is 7.11 Å². The van der Waals surface area contributed by atoms with Gasteiger partial charge in [0.05, 0.1) is 12.0 Å². The molecular weight excluding hydrogens is 242 g/mol. The van der Waals surface area contributed by atoms with Gasteiger partial charge < -0.3 is 4.74 Å². The molecule has 0 saturated heterocycles. The molecule has 0 saturated carbocycles. The molecule has 0 aliphatic rings. The van der Waals surface area contributed by atoms with E-state index in [1.807, 2.05) is 30.3 Å². The highest BCUT2D eigenvalue weighted by atomic mass is 16.6. The minimum atomic E-state index is -0.347. The molecule has 0 fully saturated rings.